The molecule has 3 aromatic rings. The molecule has 2 amide bonds. The summed E-state index contributed by atoms with van der Waals surface area (Å²) in [5.41, 5.74) is 2.70. The molecule has 3 rings (SSSR count). The van der Waals surface area contributed by atoms with Crippen molar-refractivity contribution in [1.29, 1.82) is 0 Å². The zero-order valence-corrected chi connectivity index (χ0v) is 13.7. The normalized spacial score (nSPS) is 10.7. The van der Waals surface area contributed by atoms with Crippen molar-refractivity contribution < 1.29 is 4.79 Å². The summed E-state index contributed by atoms with van der Waals surface area (Å²) in [4.78, 5) is 15.1. The molecule has 0 radical (unpaired) electrons. The number of halogens is 2. The molecule has 0 aliphatic rings. The summed E-state index contributed by atoms with van der Waals surface area (Å²) in [6.45, 7) is 0.482. The number of carbonyl (C=O) groups is 1. The van der Waals surface area contributed by atoms with Gasteiger partial charge in [0, 0.05) is 33.7 Å². The molecule has 0 bridgehead atoms. The van der Waals surface area contributed by atoms with Gasteiger partial charge in [0.2, 0.25) is 0 Å². The Hall–Kier alpha value is -2.17. The summed E-state index contributed by atoms with van der Waals surface area (Å²) >= 11 is 12.0. The van der Waals surface area contributed by atoms with Crippen molar-refractivity contribution in [3.05, 3.63) is 64.3 Å². The molecule has 6 heteroatoms. The Morgan fingerprint density at radius 1 is 1.13 bits per heavy atom. The first-order chi connectivity index (χ1) is 11.1. The van der Waals surface area contributed by atoms with Crippen LogP contribution in [0.2, 0.25) is 10.0 Å². The number of hydrogen-bond donors (Lipinski definition) is 3. The van der Waals surface area contributed by atoms with Crippen LogP contribution in [-0.4, -0.2) is 17.6 Å². The number of H-pyrrole nitrogens is 1. The van der Waals surface area contributed by atoms with Crippen molar-refractivity contribution in [2.24, 2.45) is 0 Å². The SMILES string of the molecule is O=C(NCCc1ccc(Cl)cc1Cl)Nc1cccc2[nH]ccc12. The van der Waals surface area contributed by atoms with E-state index in [1.807, 2.05) is 36.5 Å². The summed E-state index contributed by atoms with van der Waals surface area (Å²) in [5.74, 6) is 0. The molecule has 118 valence electrons. The summed E-state index contributed by atoms with van der Waals surface area (Å²) in [6, 6.07) is 12.8. The topological polar surface area (TPSA) is 56.9 Å². The molecule has 4 nitrogen and oxygen atoms in total. The Labute approximate surface area is 143 Å². The fourth-order valence-electron chi connectivity index (χ4n) is 2.40. The van der Waals surface area contributed by atoms with Crippen molar-refractivity contribution >= 4 is 45.8 Å². The Morgan fingerprint density at radius 3 is 2.83 bits per heavy atom. The highest BCUT2D eigenvalue weighted by Gasteiger charge is 2.06. The molecule has 0 fully saturated rings. The van der Waals surface area contributed by atoms with E-state index < -0.39 is 0 Å². The molecule has 0 saturated carbocycles. The van der Waals surface area contributed by atoms with Crippen LogP contribution in [0.4, 0.5) is 10.5 Å². The lowest BCUT2D eigenvalue weighted by molar-refractivity contribution is 0.252. The van der Waals surface area contributed by atoms with Gasteiger partial charge in [0.05, 0.1) is 5.69 Å². The van der Waals surface area contributed by atoms with Crippen LogP contribution in [0.5, 0.6) is 0 Å². The van der Waals surface area contributed by atoms with Gasteiger partial charge in [0.1, 0.15) is 0 Å². The number of benzene rings is 2. The average molecular weight is 348 g/mol. The minimum absolute atomic E-state index is 0.246. The Morgan fingerprint density at radius 2 is 2.00 bits per heavy atom. The smallest absolute Gasteiger partial charge is 0.319 e. The number of hydrogen-bond acceptors (Lipinski definition) is 1. The van der Waals surface area contributed by atoms with Crippen molar-refractivity contribution in [3.8, 4) is 0 Å². The molecule has 0 spiro atoms. The molecular weight excluding hydrogens is 333 g/mol. The molecule has 2 aromatic carbocycles. The third kappa shape index (κ3) is 3.78. The molecular formula is C17H15Cl2N3O. The minimum atomic E-state index is -0.246. The number of rotatable bonds is 4. The standard InChI is InChI=1S/C17H15Cl2N3O/c18-12-5-4-11(14(19)10-12)6-8-21-17(23)22-16-3-1-2-15-13(16)7-9-20-15/h1-5,7,9-10,20H,6,8H2,(H2,21,22,23). The van der Waals surface area contributed by atoms with Gasteiger partial charge < -0.3 is 15.6 Å². The van der Waals surface area contributed by atoms with E-state index in [2.05, 4.69) is 15.6 Å². The number of aromatic nitrogens is 1. The molecule has 0 aliphatic heterocycles. The van der Waals surface area contributed by atoms with E-state index in [0.29, 0.717) is 23.0 Å². The van der Waals surface area contributed by atoms with Crippen molar-refractivity contribution in [2.75, 3.05) is 11.9 Å². The number of fused-ring (bicyclic) bond motifs is 1. The number of amides is 2. The highest BCUT2D eigenvalue weighted by Crippen LogP contribution is 2.22. The number of carbonyl (C=O) groups excluding carboxylic acids is 1. The van der Waals surface area contributed by atoms with Crippen LogP contribution >= 0.6 is 23.2 Å². The van der Waals surface area contributed by atoms with Gasteiger partial charge >= 0.3 is 6.03 Å². The number of anilines is 1. The zero-order valence-electron chi connectivity index (χ0n) is 12.2. The van der Waals surface area contributed by atoms with Gasteiger partial charge in [0.25, 0.3) is 0 Å². The lowest BCUT2D eigenvalue weighted by atomic mass is 10.1. The maximum absolute atomic E-state index is 12.0. The Balaban J connectivity index is 1.56. The molecule has 23 heavy (non-hydrogen) atoms. The van der Waals surface area contributed by atoms with E-state index >= 15 is 0 Å². The van der Waals surface area contributed by atoms with E-state index in [1.54, 1.807) is 12.1 Å². The second-order valence-electron chi connectivity index (χ2n) is 5.11. The molecule has 1 heterocycles. The second kappa shape index (κ2) is 6.94. The van der Waals surface area contributed by atoms with Crippen LogP contribution in [0.3, 0.4) is 0 Å². The fourth-order valence-corrected chi connectivity index (χ4v) is 2.90. The maximum Gasteiger partial charge on any atom is 0.319 e. The summed E-state index contributed by atoms with van der Waals surface area (Å²) < 4.78 is 0. The van der Waals surface area contributed by atoms with Crippen LogP contribution in [-0.2, 0) is 6.42 Å². The Bertz CT molecular complexity index is 845. The highest BCUT2D eigenvalue weighted by atomic mass is 35.5. The van der Waals surface area contributed by atoms with E-state index in [0.717, 1.165) is 22.2 Å². The van der Waals surface area contributed by atoms with E-state index in [-0.39, 0.29) is 6.03 Å². The fraction of sp³-hybridized carbons (Fsp3) is 0.118. The number of aromatic amines is 1. The van der Waals surface area contributed by atoms with Crippen LogP contribution in [0.1, 0.15) is 5.56 Å². The predicted octanol–water partition coefficient (Wildman–Crippen LogP) is 4.84. The first-order valence-corrected chi connectivity index (χ1v) is 7.94. The predicted molar refractivity (Wildman–Crippen MR) is 95.5 cm³/mol. The van der Waals surface area contributed by atoms with E-state index in [4.69, 9.17) is 23.2 Å². The quantitative estimate of drug-likeness (QED) is 0.621. The van der Waals surface area contributed by atoms with Crippen LogP contribution in [0.15, 0.2) is 48.7 Å². The minimum Gasteiger partial charge on any atom is -0.361 e. The molecule has 3 N–H and O–H groups in total. The van der Waals surface area contributed by atoms with Gasteiger partial charge in [-0.05, 0) is 42.3 Å². The van der Waals surface area contributed by atoms with Crippen LogP contribution in [0.25, 0.3) is 10.9 Å². The molecule has 0 unspecified atom stereocenters. The monoisotopic (exact) mass is 347 g/mol. The average Bonchev–Trinajstić information content (AvgIpc) is 2.99. The Kier molecular flexibility index (Phi) is 4.74. The zero-order chi connectivity index (χ0) is 16.2. The third-order valence-electron chi connectivity index (χ3n) is 3.54. The van der Waals surface area contributed by atoms with Gasteiger partial charge in [-0.25, -0.2) is 4.79 Å². The second-order valence-corrected chi connectivity index (χ2v) is 5.95. The number of nitrogens with one attached hydrogen (secondary N) is 3. The van der Waals surface area contributed by atoms with E-state index in [9.17, 15) is 4.79 Å². The molecule has 0 aliphatic carbocycles. The lowest BCUT2D eigenvalue weighted by Gasteiger charge is -2.09. The van der Waals surface area contributed by atoms with Gasteiger partial charge in [-0.15, -0.1) is 0 Å². The largest absolute Gasteiger partial charge is 0.361 e. The van der Waals surface area contributed by atoms with Crippen molar-refractivity contribution in [3.63, 3.8) is 0 Å². The maximum atomic E-state index is 12.0. The molecule has 1 aromatic heterocycles. The molecule has 0 atom stereocenters. The van der Waals surface area contributed by atoms with Crippen molar-refractivity contribution in [1.82, 2.24) is 10.3 Å². The highest BCUT2D eigenvalue weighted by molar-refractivity contribution is 6.35. The first kappa shape index (κ1) is 15.7. The van der Waals surface area contributed by atoms with Gasteiger partial charge in [-0.2, -0.15) is 0 Å². The van der Waals surface area contributed by atoms with Crippen LogP contribution in [0, 0.1) is 0 Å². The summed E-state index contributed by atoms with van der Waals surface area (Å²) in [7, 11) is 0. The van der Waals surface area contributed by atoms with Crippen LogP contribution < -0.4 is 10.6 Å². The lowest BCUT2D eigenvalue weighted by Crippen LogP contribution is -2.30. The summed E-state index contributed by atoms with van der Waals surface area (Å²) in [6.07, 6.45) is 2.48. The third-order valence-corrected chi connectivity index (χ3v) is 4.13. The summed E-state index contributed by atoms with van der Waals surface area (Å²) in [5, 5.41) is 7.87. The van der Waals surface area contributed by atoms with E-state index in [1.165, 1.54) is 0 Å². The first-order valence-electron chi connectivity index (χ1n) is 7.18. The van der Waals surface area contributed by atoms with Crippen molar-refractivity contribution in [2.45, 2.75) is 6.42 Å². The van der Waals surface area contributed by atoms with Gasteiger partial charge in [-0.3, -0.25) is 0 Å². The van der Waals surface area contributed by atoms with Gasteiger partial charge in [0.15, 0.2) is 0 Å². The number of urea groups is 1. The van der Waals surface area contributed by atoms with Gasteiger partial charge in [-0.1, -0.05) is 35.3 Å². The molecule has 0 saturated heterocycles.